The maximum Gasteiger partial charge on any atom is 0.163 e. The van der Waals surface area contributed by atoms with E-state index < -0.39 is 0 Å². The Bertz CT molecular complexity index is 870. The van der Waals surface area contributed by atoms with Gasteiger partial charge in [0.25, 0.3) is 0 Å². The lowest BCUT2D eigenvalue weighted by molar-refractivity contribution is 0.172. The molecule has 1 aliphatic heterocycles. The summed E-state index contributed by atoms with van der Waals surface area (Å²) in [5, 5.41) is 0. The summed E-state index contributed by atoms with van der Waals surface area (Å²) in [6.07, 6.45) is 0. The van der Waals surface area contributed by atoms with Crippen molar-refractivity contribution in [1.29, 1.82) is 0 Å². The second-order valence-electron chi connectivity index (χ2n) is 5.73. The molecule has 0 saturated carbocycles. The molecule has 118 valence electrons. The summed E-state index contributed by atoms with van der Waals surface area (Å²) in [7, 11) is 0. The molecule has 0 amide bonds. The molecule has 0 bridgehead atoms. The monoisotopic (exact) mass is 309 g/mol. The number of hydrogen-bond acceptors (Lipinski definition) is 4. The van der Waals surface area contributed by atoms with Crippen molar-refractivity contribution in [3.05, 3.63) is 53.3 Å². The van der Waals surface area contributed by atoms with Crippen molar-refractivity contribution in [3.63, 3.8) is 0 Å². The zero-order chi connectivity index (χ0) is 15.8. The van der Waals surface area contributed by atoms with Crippen molar-refractivity contribution in [3.8, 4) is 11.5 Å². The first-order valence-electron chi connectivity index (χ1n) is 7.79. The summed E-state index contributed by atoms with van der Waals surface area (Å²) >= 11 is 0. The van der Waals surface area contributed by atoms with Gasteiger partial charge < -0.3 is 19.8 Å². The number of nitrogens with zero attached hydrogens (tertiary/aromatic N) is 2. The van der Waals surface area contributed by atoms with Gasteiger partial charge in [-0.3, -0.25) is 0 Å². The number of hydrogen-bond donors (Lipinski definition) is 1. The van der Waals surface area contributed by atoms with Crippen molar-refractivity contribution in [2.24, 2.45) is 5.73 Å². The van der Waals surface area contributed by atoms with E-state index in [2.05, 4.69) is 40.7 Å². The van der Waals surface area contributed by atoms with E-state index in [9.17, 15) is 0 Å². The van der Waals surface area contributed by atoms with Crippen LogP contribution >= 0.6 is 0 Å². The van der Waals surface area contributed by atoms with E-state index >= 15 is 0 Å². The van der Waals surface area contributed by atoms with Crippen molar-refractivity contribution in [2.75, 3.05) is 13.2 Å². The lowest BCUT2D eigenvalue weighted by atomic mass is 10.1. The summed E-state index contributed by atoms with van der Waals surface area (Å²) in [6.45, 7) is 4.41. The number of nitrogens with two attached hydrogens (primary N) is 1. The minimum atomic E-state index is 0.396. The van der Waals surface area contributed by atoms with E-state index in [1.165, 1.54) is 11.1 Å². The average Bonchev–Trinajstić information content (AvgIpc) is 2.91. The maximum absolute atomic E-state index is 5.91. The molecule has 1 aliphatic rings. The van der Waals surface area contributed by atoms with Crippen LogP contribution in [0.1, 0.15) is 17.0 Å². The topological polar surface area (TPSA) is 62.3 Å². The molecule has 23 heavy (non-hydrogen) atoms. The second kappa shape index (κ2) is 5.59. The summed E-state index contributed by atoms with van der Waals surface area (Å²) in [5.41, 5.74) is 10.4. The Labute approximate surface area is 134 Å². The molecule has 1 aromatic heterocycles. The molecule has 0 radical (unpaired) electrons. The lowest BCUT2D eigenvalue weighted by Crippen LogP contribution is -2.15. The van der Waals surface area contributed by atoms with Crippen LogP contribution in [0, 0.1) is 6.92 Å². The predicted molar refractivity (Wildman–Crippen MR) is 88.9 cm³/mol. The highest BCUT2D eigenvalue weighted by Crippen LogP contribution is 2.35. The normalized spacial score (nSPS) is 13.5. The molecule has 3 aromatic rings. The fourth-order valence-corrected chi connectivity index (χ4v) is 3.00. The van der Waals surface area contributed by atoms with E-state index in [4.69, 9.17) is 15.2 Å². The van der Waals surface area contributed by atoms with Crippen LogP contribution in [0.5, 0.6) is 11.5 Å². The quantitative estimate of drug-likeness (QED) is 0.808. The number of aryl methyl sites for hydroxylation is 1. The first kappa shape index (κ1) is 14.1. The Balaban J connectivity index is 1.85. The Morgan fingerprint density at radius 2 is 1.87 bits per heavy atom. The summed E-state index contributed by atoms with van der Waals surface area (Å²) in [4.78, 5) is 4.67. The van der Waals surface area contributed by atoms with E-state index in [1.54, 1.807) is 0 Å². The van der Waals surface area contributed by atoms with Gasteiger partial charge in [0.1, 0.15) is 19.0 Å². The fraction of sp³-hybridized carbons (Fsp3) is 0.278. The Kier molecular flexibility index (Phi) is 3.42. The molecule has 0 saturated heterocycles. The van der Waals surface area contributed by atoms with Crippen LogP contribution in [-0.4, -0.2) is 22.8 Å². The Morgan fingerprint density at radius 1 is 1.13 bits per heavy atom. The minimum absolute atomic E-state index is 0.396. The molecular formula is C18H19N3O2. The highest BCUT2D eigenvalue weighted by atomic mass is 16.6. The molecule has 0 unspecified atom stereocenters. The summed E-state index contributed by atoms with van der Waals surface area (Å²) in [6, 6.07) is 12.3. The number of ether oxygens (including phenoxy) is 2. The second-order valence-corrected chi connectivity index (χ2v) is 5.73. The van der Waals surface area contributed by atoms with Crippen LogP contribution in [0.2, 0.25) is 0 Å². The van der Waals surface area contributed by atoms with Crippen LogP contribution in [0.25, 0.3) is 11.0 Å². The van der Waals surface area contributed by atoms with Gasteiger partial charge in [-0.25, -0.2) is 4.98 Å². The molecule has 0 aliphatic carbocycles. The van der Waals surface area contributed by atoms with Crippen LogP contribution in [0.4, 0.5) is 0 Å². The van der Waals surface area contributed by atoms with Crippen molar-refractivity contribution in [2.45, 2.75) is 20.0 Å². The largest absolute Gasteiger partial charge is 0.486 e. The number of rotatable bonds is 3. The molecule has 5 heteroatoms. The van der Waals surface area contributed by atoms with E-state index in [-0.39, 0.29) is 0 Å². The predicted octanol–water partition coefficient (Wildman–Crippen LogP) is 2.62. The molecule has 4 rings (SSSR count). The SMILES string of the molecule is Cc1ccccc1Cn1c(CN)nc2cc3c(cc21)OCCO3. The van der Waals surface area contributed by atoms with Gasteiger partial charge in [-0.1, -0.05) is 24.3 Å². The number of benzene rings is 2. The van der Waals surface area contributed by atoms with Crippen LogP contribution in [0.3, 0.4) is 0 Å². The van der Waals surface area contributed by atoms with Gasteiger partial charge in [0, 0.05) is 18.7 Å². The van der Waals surface area contributed by atoms with Gasteiger partial charge in [0.2, 0.25) is 0 Å². The standard InChI is InChI=1S/C18H19N3O2/c1-12-4-2-3-5-13(12)11-21-15-9-17-16(22-6-7-23-17)8-14(15)20-18(21)10-19/h2-5,8-9H,6-7,10-11,19H2,1H3. The van der Waals surface area contributed by atoms with Gasteiger partial charge in [-0.15, -0.1) is 0 Å². The third-order valence-corrected chi connectivity index (χ3v) is 4.26. The van der Waals surface area contributed by atoms with Gasteiger partial charge in [0.15, 0.2) is 11.5 Å². The van der Waals surface area contributed by atoms with Crippen LogP contribution < -0.4 is 15.2 Å². The van der Waals surface area contributed by atoms with Gasteiger partial charge in [0.05, 0.1) is 17.6 Å². The van der Waals surface area contributed by atoms with Crippen molar-refractivity contribution < 1.29 is 9.47 Å². The fourth-order valence-electron chi connectivity index (χ4n) is 3.00. The molecule has 2 aromatic carbocycles. The minimum Gasteiger partial charge on any atom is -0.486 e. The van der Waals surface area contributed by atoms with Gasteiger partial charge >= 0.3 is 0 Å². The number of fused-ring (bicyclic) bond motifs is 2. The lowest BCUT2D eigenvalue weighted by Gasteiger charge is -2.18. The first-order chi connectivity index (χ1) is 11.3. The first-order valence-corrected chi connectivity index (χ1v) is 7.79. The zero-order valence-electron chi connectivity index (χ0n) is 13.1. The molecule has 0 spiro atoms. The molecule has 0 atom stereocenters. The highest BCUT2D eigenvalue weighted by molar-refractivity contribution is 5.81. The van der Waals surface area contributed by atoms with Crippen molar-refractivity contribution >= 4 is 11.0 Å². The third-order valence-electron chi connectivity index (χ3n) is 4.26. The van der Waals surface area contributed by atoms with E-state index in [0.717, 1.165) is 34.9 Å². The van der Waals surface area contributed by atoms with Gasteiger partial charge in [-0.2, -0.15) is 0 Å². The van der Waals surface area contributed by atoms with Crippen LogP contribution in [0.15, 0.2) is 36.4 Å². The average molecular weight is 309 g/mol. The molecule has 2 N–H and O–H groups in total. The van der Waals surface area contributed by atoms with Crippen molar-refractivity contribution in [1.82, 2.24) is 9.55 Å². The number of aromatic nitrogens is 2. The Hall–Kier alpha value is -2.53. The number of imidazole rings is 1. The van der Waals surface area contributed by atoms with Gasteiger partial charge in [-0.05, 0) is 18.1 Å². The molecular weight excluding hydrogens is 290 g/mol. The molecule has 2 heterocycles. The highest BCUT2D eigenvalue weighted by Gasteiger charge is 2.18. The van der Waals surface area contributed by atoms with E-state index in [0.29, 0.717) is 19.8 Å². The smallest absolute Gasteiger partial charge is 0.163 e. The van der Waals surface area contributed by atoms with E-state index in [1.807, 2.05) is 12.1 Å². The summed E-state index contributed by atoms with van der Waals surface area (Å²) < 4.78 is 13.5. The van der Waals surface area contributed by atoms with Crippen LogP contribution in [-0.2, 0) is 13.1 Å². The summed E-state index contributed by atoms with van der Waals surface area (Å²) in [5.74, 6) is 2.40. The maximum atomic E-state index is 5.91. The zero-order valence-corrected chi connectivity index (χ0v) is 13.1. The third kappa shape index (κ3) is 2.43. The molecule has 0 fully saturated rings. The Morgan fingerprint density at radius 3 is 2.61 bits per heavy atom. The molecule has 5 nitrogen and oxygen atoms in total.